The van der Waals surface area contributed by atoms with Crippen LogP contribution in [0.2, 0.25) is 0 Å². The number of aromatic nitrogens is 1. The number of likely N-dealkylation sites (tertiary alicyclic amines) is 1. The van der Waals surface area contributed by atoms with E-state index in [9.17, 15) is 5.11 Å². The fourth-order valence-electron chi connectivity index (χ4n) is 3.68. The Morgan fingerprint density at radius 2 is 1.69 bits per heavy atom. The zero-order valence-electron chi connectivity index (χ0n) is 16.6. The molecule has 0 radical (unpaired) electrons. The van der Waals surface area contributed by atoms with Crippen LogP contribution < -0.4 is 4.74 Å². The highest BCUT2D eigenvalue weighted by Crippen LogP contribution is 2.28. The smallest absolute Gasteiger partial charge is 0.126 e. The summed E-state index contributed by atoms with van der Waals surface area (Å²) in [6.45, 7) is 7.97. The lowest BCUT2D eigenvalue weighted by Crippen LogP contribution is -2.25. The van der Waals surface area contributed by atoms with Gasteiger partial charge < -0.3 is 9.84 Å². The van der Waals surface area contributed by atoms with Gasteiger partial charge in [0.2, 0.25) is 0 Å². The van der Waals surface area contributed by atoms with Gasteiger partial charge in [-0.15, -0.1) is 0 Å². The standard InChI is InChI=1S/C25H26N2O2/c1-2-19-17-21(8-12-25(19)29-16-15-27-13-3-4-14-27)24-11-7-22(18-26-24)20-5-9-23(28)10-6-20/h2,5-12,17-18,28H,1,3-4,13-16H2. The molecule has 1 aromatic heterocycles. The highest BCUT2D eigenvalue weighted by Gasteiger charge is 2.12. The van der Waals surface area contributed by atoms with Crippen LogP contribution in [0.1, 0.15) is 18.4 Å². The largest absolute Gasteiger partial charge is 0.508 e. The molecule has 148 valence electrons. The summed E-state index contributed by atoms with van der Waals surface area (Å²) >= 11 is 0. The Bertz CT molecular complexity index is 959. The normalized spacial score (nSPS) is 14.1. The second-order valence-electron chi connectivity index (χ2n) is 7.33. The van der Waals surface area contributed by atoms with Crippen LogP contribution in [-0.4, -0.2) is 41.2 Å². The maximum atomic E-state index is 9.44. The number of aromatic hydroxyl groups is 1. The monoisotopic (exact) mass is 386 g/mol. The first-order chi connectivity index (χ1) is 14.2. The molecule has 1 saturated heterocycles. The van der Waals surface area contributed by atoms with Crippen LogP contribution in [0.4, 0.5) is 0 Å². The van der Waals surface area contributed by atoms with Gasteiger partial charge in [0.1, 0.15) is 18.1 Å². The first-order valence-corrected chi connectivity index (χ1v) is 10.1. The molecule has 1 aliphatic heterocycles. The van der Waals surface area contributed by atoms with Gasteiger partial charge in [0.05, 0.1) is 5.69 Å². The average Bonchev–Trinajstić information content (AvgIpc) is 3.28. The van der Waals surface area contributed by atoms with Gasteiger partial charge in [-0.3, -0.25) is 9.88 Å². The fraction of sp³-hybridized carbons (Fsp3) is 0.240. The van der Waals surface area contributed by atoms with E-state index in [2.05, 4.69) is 22.5 Å². The van der Waals surface area contributed by atoms with Gasteiger partial charge in [0.25, 0.3) is 0 Å². The second-order valence-corrected chi connectivity index (χ2v) is 7.33. The zero-order valence-corrected chi connectivity index (χ0v) is 16.6. The third kappa shape index (κ3) is 4.66. The van der Waals surface area contributed by atoms with Crippen molar-refractivity contribution in [1.82, 2.24) is 9.88 Å². The molecule has 2 aromatic carbocycles. The number of benzene rings is 2. The predicted octanol–water partition coefficient (Wildman–Crippen LogP) is 5.24. The molecule has 0 spiro atoms. The van der Waals surface area contributed by atoms with Crippen molar-refractivity contribution in [3.05, 3.63) is 72.9 Å². The number of nitrogens with zero attached hydrogens (tertiary/aromatic N) is 2. The van der Waals surface area contributed by atoms with Gasteiger partial charge in [-0.2, -0.15) is 0 Å². The second kappa shape index (κ2) is 8.93. The SMILES string of the molecule is C=Cc1cc(-c2ccc(-c3ccc(O)cc3)cn2)ccc1OCCN1CCCC1. The van der Waals surface area contributed by atoms with Crippen molar-refractivity contribution in [2.24, 2.45) is 0 Å². The molecular weight excluding hydrogens is 360 g/mol. The summed E-state index contributed by atoms with van der Waals surface area (Å²) in [6.07, 6.45) is 6.28. The zero-order chi connectivity index (χ0) is 20.1. The molecule has 1 aliphatic rings. The number of hydrogen-bond donors (Lipinski definition) is 1. The number of hydrogen-bond acceptors (Lipinski definition) is 4. The molecule has 0 bridgehead atoms. The summed E-state index contributed by atoms with van der Waals surface area (Å²) in [6, 6.07) is 17.3. The van der Waals surface area contributed by atoms with Crippen LogP contribution in [0.25, 0.3) is 28.5 Å². The number of phenols is 1. The minimum absolute atomic E-state index is 0.262. The molecule has 0 aliphatic carbocycles. The Hall–Kier alpha value is -3.11. The molecule has 0 unspecified atom stereocenters. The predicted molar refractivity (Wildman–Crippen MR) is 118 cm³/mol. The summed E-state index contributed by atoms with van der Waals surface area (Å²) in [7, 11) is 0. The van der Waals surface area contributed by atoms with E-state index in [0.717, 1.165) is 40.2 Å². The molecule has 4 heteroatoms. The maximum absolute atomic E-state index is 9.44. The Balaban J connectivity index is 1.46. The van der Waals surface area contributed by atoms with E-state index in [1.54, 1.807) is 12.1 Å². The Morgan fingerprint density at radius 1 is 0.966 bits per heavy atom. The molecule has 2 heterocycles. The van der Waals surface area contributed by atoms with Gasteiger partial charge in [-0.1, -0.05) is 30.9 Å². The van der Waals surface area contributed by atoms with E-state index in [0.29, 0.717) is 6.61 Å². The van der Waals surface area contributed by atoms with Gasteiger partial charge in [-0.25, -0.2) is 0 Å². The quantitative estimate of drug-likeness (QED) is 0.603. The van der Waals surface area contributed by atoms with E-state index in [4.69, 9.17) is 4.74 Å². The van der Waals surface area contributed by atoms with Crippen LogP contribution in [0, 0.1) is 0 Å². The van der Waals surface area contributed by atoms with Crippen molar-refractivity contribution in [2.75, 3.05) is 26.2 Å². The third-order valence-electron chi connectivity index (χ3n) is 5.35. The maximum Gasteiger partial charge on any atom is 0.126 e. The van der Waals surface area contributed by atoms with E-state index >= 15 is 0 Å². The molecule has 0 amide bonds. The van der Waals surface area contributed by atoms with E-state index in [1.807, 2.05) is 48.7 Å². The van der Waals surface area contributed by atoms with Crippen molar-refractivity contribution < 1.29 is 9.84 Å². The number of phenolic OH excluding ortho intramolecular Hbond substituents is 1. The molecule has 3 aromatic rings. The Morgan fingerprint density at radius 3 is 2.38 bits per heavy atom. The Labute approximate surface area is 172 Å². The van der Waals surface area contributed by atoms with Crippen LogP contribution in [0.5, 0.6) is 11.5 Å². The molecule has 1 N–H and O–H groups in total. The highest BCUT2D eigenvalue weighted by molar-refractivity contribution is 5.70. The van der Waals surface area contributed by atoms with Crippen LogP contribution >= 0.6 is 0 Å². The van der Waals surface area contributed by atoms with Crippen LogP contribution in [0.15, 0.2) is 67.4 Å². The molecule has 4 rings (SSSR count). The topological polar surface area (TPSA) is 45.6 Å². The van der Waals surface area contributed by atoms with Gasteiger partial charge in [0, 0.05) is 29.4 Å². The first kappa shape index (κ1) is 19.2. The summed E-state index contributed by atoms with van der Waals surface area (Å²) in [5.41, 5.74) is 4.95. The molecular formula is C25H26N2O2. The molecule has 4 nitrogen and oxygen atoms in total. The lowest BCUT2D eigenvalue weighted by Gasteiger charge is -2.16. The van der Waals surface area contributed by atoms with Gasteiger partial charge in [0.15, 0.2) is 0 Å². The van der Waals surface area contributed by atoms with Crippen LogP contribution in [-0.2, 0) is 0 Å². The highest BCUT2D eigenvalue weighted by atomic mass is 16.5. The number of ether oxygens (including phenoxy) is 1. The van der Waals surface area contributed by atoms with E-state index in [-0.39, 0.29) is 5.75 Å². The lowest BCUT2D eigenvalue weighted by atomic mass is 10.0. The van der Waals surface area contributed by atoms with Crippen LogP contribution in [0.3, 0.4) is 0 Å². The summed E-state index contributed by atoms with van der Waals surface area (Å²) < 4.78 is 6.01. The van der Waals surface area contributed by atoms with Crippen molar-refractivity contribution in [3.63, 3.8) is 0 Å². The van der Waals surface area contributed by atoms with Gasteiger partial charge in [-0.05, 0) is 67.9 Å². The Kier molecular flexibility index (Phi) is 5.92. The van der Waals surface area contributed by atoms with Crippen molar-refractivity contribution in [1.29, 1.82) is 0 Å². The summed E-state index contributed by atoms with van der Waals surface area (Å²) in [5, 5.41) is 9.44. The van der Waals surface area contributed by atoms with Crippen molar-refractivity contribution >= 4 is 6.08 Å². The van der Waals surface area contributed by atoms with Crippen molar-refractivity contribution in [3.8, 4) is 33.9 Å². The van der Waals surface area contributed by atoms with E-state index in [1.165, 1.54) is 25.9 Å². The minimum Gasteiger partial charge on any atom is -0.508 e. The van der Waals surface area contributed by atoms with E-state index < -0.39 is 0 Å². The average molecular weight is 386 g/mol. The fourth-order valence-corrected chi connectivity index (χ4v) is 3.68. The summed E-state index contributed by atoms with van der Waals surface area (Å²) in [5.74, 6) is 1.13. The first-order valence-electron chi connectivity index (χ1n) is 10.1. The third-order valence-corrected chi connectivity index (χ3v) is 5.35. The van der Waals surface area contributed by atoms with Gasteiger partial charge >= 0.3 is 0 Å². The summed E-state index contributed by atoms with van der Waals surface area (Å²) in [4.78, 5) is 7.07. The molecule has 29 heavy (non-hydrogen) atoms. The molecule has 0 atom stereocenters. The molecule has 1 fully saturated rings. The molecule has 0 saturated carbocycles. The number of rotatable bonds is 7. The lowest BCUT2D eigenvalue weighted by molar-refractivity contribution is 0.237. The number of pyridine rings is 1. The minimum atomic E-state index is 0.262. The van der Waals surface area contributed by atoms with Crippen molar-refractivity contribution in [2.45, 2.75) is 12.8 Å².